The number of ketones is 1. The fourth-order valence-corrected chi connectivity index (χ4v) is 2.98. The smallest absolute Gasteiger partial charge is 0.265 e. The molecule has 0 aliphatic heterocycles. The molecule has 0 aliphatic rings. The molecule has 110 valence electrons. The lowest BCUT2D eigenvalue weighted by Crippen LogP contribution is -2.10. The highest BCUT2D eigenvalue weighted by Crippen LogP contribution is 2.24. The summed E-state index contributed by atoms with van der Waals surface area (Å²) in [6.45, 7) is 3.40. The van der Waals surface area contributed by atoms with Gasteiger partial charge in [0.1, 0.15) is 0 Å². The SMILES string of the molecule is CC(=O)c1ccc(C(=O)Nc2cccc3ccc(C)nc23)s1. The highest BCUT2D eigenvalue weighted by Gasteiger charge is 2.13. The number of anilines is 1. The van der Waals surface area contributed by atoms with Crippen LogP contribution in [0.2, 0.25) is 0 Å². The van der Waals surface area contributed by atoms with Crippen LogP contribution in [-0.4, -0.2) is 16.7 Å². The van der Waals surface area contributed by atoms with E-state index in [1.807, 2.05) is 37.3 Å². The van der Waals surface area contributed by atoms with E-state index in [1.165, 1.54) is 18.3 Å². The van der Waals surface area contributed by atoms with Crippen molar-refractivity contribution in [1.29, 1.82) is 0 Å². The summed E-state index contributed by atoms with van der Waals surface area (Å²) in [5, 5.41) is 3.85. The van der Waals surface area contributed by atoms with Gasteiger partial charge in [0, 0.05) is 11.1 Å². The minimum atomic E-state index is -0.228. The average Bonchev–Trinajstić information content (AvgIpc) is 2.98. The molecule has 3 aromatic rings. The van der Waals surface area contributed by atoms with Gasteiger partial charge in [-0.15, -0.1) is 11.3 Å². The fraction of sp³-hybridized carbons (Fsp3) is 0.118. The number of pyridine rings is 1. The topological polar surface area (TPSA) is 59.1 Å². The number of carbonyl (C=O) groups excluding carboxylic acids is 2. The zero-order chi connectivity index (χ0) is 15.7. The second-order valence-electron chi connectivity index (χ2n) is 5.00. The molecule has 4 nitrogen and oxygen atoms in total. The third-order valence-electron chi connectivity index (χ3n) is 3.28. The van der Waals surface area contributed by atoms with E-state index in [9.17, 15) is 9.59 Å². The van der Waals surface area contributed by atoms with E-state index < -0.39 is 0 Å². The van der Waals surface area contributed by atoms with Gasteiger partial charge < -0.3 is 5.32 Å². The lowest BCUT2D eigenvalue weighted by molar-refractivity contribution is 0.101. The molecule has 0 bridgehead atoms. The second kappa shape index (κ2) is 5.69. The van der Waals surface area contributed by atoms with E-state index in [4.69, 9.17) is 0 Å². The summed E-state index contributed by atoms with van der Waals surface area (Å²) >= 11 is 1.19. The molecule has 1 N–H and O–H groups in total. The monoisotopic (exact) mass is 310 g/mol. The number of Topliss-reactive ketones (excluding diaryl/α,β-unsaturated/α-hetero) is 1. The second-order valence-corrected chi connectivity index (χ2v) is 6.09. The molecule has 5 heteroatoms. The summed E-state index contributed by atoms with van der Waals surface area (Å²) in [4.78, 5) is 29.2. The van der Waals surface area contributed by atoms with E-state index in [-0.39, 0.29) is 11.7 Å². The number of hydrogen-bond acceptors (Lipinski definition) is 4. The zero-order valence-corrected chi connectivity index (χ0v) is 13.0. The molecule has 2 heterocycles. The number of rotatable bonds is 3. The number of fused-ring (bicyclic) bond motifs is 1. The van der Waals surface area contributed by atoms with Gasteiger partial charge in [0.25, 0.3) is 5.91 Å². The number of nitrogens with one attached hydrogen (secondary N) is 1. The van der Waals surface area contributed by atoms with Crippen LogP contribution in [0.3, 0.4) is 0 Å². The molecular formula is C17H14N2O2S. The number of amides is 1. The van der Waals surface area contributed by atoms with E-state index >= 15 is 0 Å². The summed E-state index contributed by atoms with van der Waals surface area (Å²) < 4.78 is 0. The third kappa shape index (κ3) is 2.76. The number of aryl methyl sites for hydroxylation is 1. The highest BCUT2D eigenvalue weighted by atomic mass is 32.1. The number of nitrogens with zero attached hydrogens (tertiary/aromatic N) is 1. The molecule has 0 unspecified atom stereocenters. The Hall–Kier alpha value is -2.53. The Balaban J connectivity index is 1.93. The van der Waals surface area contributed by atoms with Gasteiger partial charge in [0.2, 0.25) is 0 Å². The molecule has 0 saturated heterocycles. The zero-order valence-electron chi connectivity index (χ0n) is 12.2. The maximum atomic E-state index is 12.3. The Kier molecular flexibility index (Phi) is 3.73. The quantitative estimate of drug-likeness (QED) is 0.742. The van der Waals surface area contributed by atoms with Crippen LogP contribution in [0, 0.1) is 6.92 Å². The maximum absolute atomic E-state index is 12.3. The van der Waals surface area contributed by atoms with Crippen molar-refractivity contribution in [2.45, 2.75) is 13.8 Å². The minimum Gasteiger partial charge on any atom is -0.319 e. The predicted molar refractivity (Wildman–Crippen MR) is 88.8 cm³/mol. The van der Waals surface area contributed by atoms with Gasteiger partial charge in [-0.25, -0.2) is 0 Å². The van der Waals surface area contributed by atoms with Crippen LogP contribution < -0.4 is 5.32 Å². The van der Waals surface area contributed by atoms with Gasteiger partial charge in [-0.2, -0.15) is 0 Å². The van der Waals surface area contributed by atoms with Gasteiger partial charge >= 0.3 is 0 Å². The van der Waals surface area contributed by atoms with Crippen molar-refractivity contribution in [3.05, 3.63) is 57.9 Å². The summed E-state index contributed by atoms with van der Waals surface area (Å²) in [5.74, 6) is -0.264. The van der Waals surface area contributed by atoms with E-state index in [1.54, 1.807) is 12.1 Å². The molecule has 22 heavy (non-hydrogen) atoms. The highest BCUT2D eigenvalue weighted by molar-refractivity contribution is 7.16. The number of thiophene rings is 1. The van der Waals surface area contributed by atoms with E-state index in [2.05, 4.69) is 10.3 Å². The van der Waals surface area contributed by atoms with Crippen LogP contribution in [0.25, 0.3) is 10.9 Å². The lowest BCUT2D eigenvalue weighted by atomic mass is 10.1. The summed E-state index contributed by atoms with van der Waals surface area (Å²) in [6, 6.07) is 12.9. The standard InChI is InChI=1S/C17H14N2O2S/c1-10-6-7-12-4-3-5-13(16(12)18-10)19-17(21)15-9-8-14(22-15)11(2)20/h3-9H,1-2H3,(H,19,21). The average molecular weight is 310 g/mol. The van der Waals surface area contributed by atoms with Gasteiger partial charge in [-0.3, -0.25) is 14.6 Å². The Labute approximate surface area is 131 Å². The van der Waals surface area contributed by atoms with Crippen LogP contribution >= 0.6 is 11.3 Å². The Morgan fingerprint density at radius 3 is 2.55 bits per heavy atom. The van der Waals surface area contributed by atoms with Crippen molar-refractivity contribution < 1.29 is 9.59 Å². The number of carbonyl (C=O) groups is 2. The van der Waals surface area contributed by atoms with Crippen LogP contribution in [0.1, 0.15) is 32.0 Å². The van der Waals surface area contributed by atoms with Gasteiger partial charge in [-0.1, -0.05) is 18.2 Å². The number of aromatic nitrogens is 1. The van der Waals surface area contributed by atoms with Crippen molar-refractivity contribution in [2.75, 3.05) is 5.32 Å². The van der Waals surface area contributed by atoms with Gasteiger partial charge in [0.05, 0.1) is 21.0 Å². The molecule has 0 spiro atoms. The Bertz CT molecular complexity index is 883. The first-order chi connectivity index (χ1) is 10.5. The molecule has 1 amide bonds. The molecule has 1 aromatic carbocycles. The molecule has 0 aliphatic carbocycles. The summed E-state index contributed by atoms with van der Waals surface area (Å²) in [5.41, 5.74) is 2.33. The first kappa shape index (κ1) is 14.4. The van der Waals surface area contributed by atoms with Gasteiger partial charge in [0.15, 0.2) is 5.78 Å². The maximum Gasteiger partial charge on any atom is 0.265 e. The van der Waals surface area contributed by atoms with Gasteiger partial charge in [-0.05, 0) is 38.1 Å². The summed E-state index contributed by atoms with van der Waals surface area (Å²) in [6.07, 6.45) is 0. The number of hydrogen-bond donors (Lipinski definition) is 1. The lowest BCUT2D eigenvalue weighted by Gasteiger charge is -2.07. The predicted octanol–water partition coefficient (Wildman–Crippen LogP) is 4.06. The number of benzene rings is 1. The number of para-hydroxylation sites is 1. The van der Waals surface area contributed by atoms with Crippen molar-refractivity contribution in [2.24, 2.45) is 0 Å². The Morgan fingerprint density at radius 2 is 1.82 bits per heavy atom. The van der Waals surface area contributed by atoms with Crippen molar-refractivity contribution in [1.82, 2.24) is 4.98 Å². The third-order valence-corrected chi connectivity index (χ3v) is 4.47. The van der Waals surface area contributed by atoms with Crippen LogP contribution in [-0.2, 0) is 0 Å². The first-order valence-corrected chi connectivity index (χ1v) is 7.65. The van der Waals surface area contributed by atoms with Crippen molar-refractivity contribution >= 4 is 39.6 Å². The largest absolute Gasteiger partial charge is 0.319 e. The summed E-state index contributed by atoms with van der Waals surface area (Å²) in [7, 11) is 0. The fourth-order valence-electron chi connectivity index (χ4n) is 2.18. The van der Waals surface area contributed by atoms with E-state index in [0.717, 1.165) is 16.6 Å². The normalized spacial score (nSPS) is 10.6. The van der Waals surface area contributed by atoms with Crippen molar-refractivity contribution in [3.63, 3.8) is 0 Å². The van der Waals surface area contributed by atoms with Crippen LogP contribution in [0.15, 0.2) is 42.5 Å². The molecule has 0 radical (unpaired) electrons. The molecular weight excluding hydrogens is 296 g/mol. The molecule has 0 fully saturated rings. The minimum absolute atomic E-state index is 0.0356. The molecule has 3 rings (SSSR count). The van der Waals surface area contributed by atoms with E-state index in [0.29, 0.717) is 15.4 Å². The van der Waals surface area contributed by atoms with Crippen LogP contribution in [0.5, 0.6) is 0 Å². The molecule has 0 saturated carbocycles. The molecule has 0 atom stereocenters. The Morgan fingerprint density at radius 1 is 1.05 bits per heavy atom. The molecule has 2 aromatic heterocycles. The first-order valence-electron chi connectivity index (χ1n) is 6.83. The van der Waals surface area contributed by atoms with Crippen molar-refractivity contribution in [3.8, 4) is 0 Å². The van der Waals surface area contributed by atoms with Crippen LogP contribution in [0.4, 0.5) is 5.69 Å².